The van der Waals surface area contributed by atoms with E-state index in [-0.39, 0.29) is 11.7 Å². The van der Waals surface area contributed by atoms with Gasteiger partial charge in [-0.3, -0.25) is 9.20 Å². The largest absolute Gasteiger partial charge is 0.497 e. The summed E-state index contributed by atoms with van der Waals surface area (Å²) in [7, 11) is 1.64. The van der Waals surface area contributed by atoms with Crippen molar-refractivity contribution in [2.24, 2.45) is 0 Å². The van der Waals surface area contributed by atoms with Crippen LogP contribution in [0.25, 0.3) is 15.9 Å². The number of thioether (sulfide) groups is 1. The normalized spacial score (nSPS) is 13.4. The second kappa shape index (κ2) is 9.07. The van der Waals surface area contributed by atoms with Crippen LogP contribution in [0, 0.1) is 0 Å². The number of methoxy groups -OCH3 is 1. The van der Waals surface area contributed by atoms with Crippen LogP contribution in [0.5, 0.6) is 5.75 Å². The number of nitrogens with zero attached hydrogens (tertiary/aromatic N) is 4. The van der Waals surface area contributed by atoms with Crippen LogP contribution in [0.1, 0.15) is 41.6 Å². The van der Waals surface area contributed by atoms with Gasteiger partial charge in [-0.1, -0.05) is 30.8 Å². The van der Waals surface area contributed by atoms with Crippen LogP contribution in [-0.2, 0) is 30.6 Å². The molecule has 1 N–H and O–H groups in total. The van der Waals surface area contributed by atoms with E-state index in [9.17, 15) is 4.79 Å². The number of benzene rings is 1. The summed E-state index contributed by atoms with van der Waals surface area (Å²) >= 11 is 3.21. The highest BCUT2D eigenvalue weighted by molar-refractivity contribution is 7.99. The van der Waals surface area contributed by atoms with Crippen molar-refractivity contribution in [1.82, 2.24) is 24.9 Å². The first-order chi connectivity index (χ1) is 15.7. The molecule has 0 saturated heterocycles. The molecule has 5 rings (SSSR count). The third-order valence-electron chi connectivity index (χ3n) is 5.80. The van der Waals surface area contributed by atoms with Gasteiger partial charge in [0.05, 0.1) is 18.2 Å². The first kappa shape index (κ1) is 21.2. The molecule has 4 aromatic rings. The van der Waals surface area contributed by atoms with Gasteiger partial charge in [-0.2, -0.15) is 0 Å². The molecule has 0 spiro atoms. The van der Waals surface area contributed by atoms with Gasteiger partial charge in [-0.15, -0.1) is 21.5 Å². The Morgan fingerprint density at radius 2 is 2.03 bits per heavy atom. The first-order valence-corrected chi connectivity index (χ1v) is 12.7. The number of fused-ring (bicyclic) bond motifs is 5. The Labute approximate surface area is 194 Å². The molecule has 0 fully saturated rings. The second-order valence-corrected chi connectivity index (χ2v) is 9.85. The molecular formula is C23H25N5O2S2. The monoisotopic (exact) mass is 467 g/mol. The molecule has 0 atom stereocenters. The van der Waals surface area contributed by atoms with Crippen molar-refractivity contribution >= 4 is 44.9 Å². The van der Waals surface area contributed by atoms with E-state index < -0.39 is 0 Å². The summed E-state index contributed by atoms with van der Waals surface area (Å²) in [6.45, 7) is 2.57. The number of thiophene rings is 1. The average Bonchev–Trinajstić information content (AvgIpc) is 3.42. The summed E-state index contributed by atoms with van der Waals surface area (Å²) in [5.74, 6) is 1.98. The zero-order valence-electron chi connectivity index (χ0n) is 18.2. The van der Waals surface area contributed by atoms with Crippen molar-refractivity contribution in [3.63, 3.8) is 0 Å². The molecular weight excluding hydrogens is 442 g/mol. The maximum absolute atomic E-state index is 12.5. The van der Waals surface area contributed by atoms with E-state index >= 15 is 0 Å². The Bertz CT molecular complexity index is 1280. The van der Waals surface area contributed by atoms with Gasteiger partial charge in [0.15, 0.2) is 10.8 Å². The van der Waals surface area contributed by atoms with Gasteiger partial charge in [0.25, 0.3) is 0 Å². The third-order valence-corrected chi connectivity index (χ3v) is 7.91. The van der Waals surface area contributed by atoms with E-state index in [2.05, 4.69) is 22.4 Å². The Hall–Kier alpha value is -2.65. The molecule has 0 aliphatic heterocycles. The molecule has 3 heterocycles. The number of nitrogens with one attached hydrogen (secondary N) is 1. The Morgan fingerprint density at radius 1 is 1.22 bits per heavy atom. The molecule has 0 bridgehead atoms. The summed E-state index contributed by atoms with van der Waals surface area (Å²) in [5, 5.41) is 13.8. The fourth-order valence-electron chi connectivity index (χ4n) is 4.15. The van der Waals surface area contributed by atoms with Gasteiger partial charge in [0.1, 0.15) is 16.4 Å². The topological polar surface area (TPSA) is 81.4 Å². The molecule has 7 nitrogen and oxygen atoms in total. The fraction of sp³-hybridized carbons (Fsp3) is 0.391. The van der Waals surface area contributed by atoms with Crippen LogP contribution < -0.4 is 10.1 Å². The lowest BCUT2D eigenvalue weighted by Crippen LogP contribution is -2.24. The molecule has 1 aliphatic rings. The number of amides is 1. The van der Waals surface area contributed by atoms with Crippen molar-refractivity contribution in [2.75, 3.05) is 12.9 Å². The van der Waals surface area contributed by atoms with Crippen molar-refractivity contribution in [3.05, 3.63) is 46.1 Å². The Balaban J connectivity index is 1.34. The van der Waals surface area contributed by atoms with Gasteiger partial charge < -0.3 is 10.1 Å². The van der Waals surface area contributed by atoms with E-state index in [4.69, 9.17) is 9.72 Å². The molecule has 0 unspecified atom stereocenters. The number of carbonyl (C=O) groups is 1. The number of aryl methyl sites for hydroxylation is 3. The van der Waals surface area contributed by atoms with Crippen LogP contribution in [0.2, 0.25) is 0 Å². The molecule has 9 heteroatoms. The number of ether oxygens (including phenoxy) is 1. The van der Waals surface area contributed by atoms with Gasteiger partial charge in [0, 0.05) is 17.8 Å². The maximum Gasteiger partial charge on any atom is 0.230 e. The smallest absolute Gasteiger partial charge is 0.230 e. The van der Waals surface area contributed by atoms with E-state index in [0.29, 0.717) is 6.54 Å². The summed E-state index contributed by atoms with van der Waals surface area (Å²) < 4.78 is 7.22. The molecule has 32 heavy (non-hydrogen) atoms. The highest BCUT2D eigenvalue weighted by Crippen LogP contribution is 2.38. The minimum absolute atomic E-state index is 0.0393. The lowest BCUT2D eigenvalue weighted by atomic mass is 9.97. The van der Waals surface area contributed by atoms with E-state index in [1.165, 1.54) is 35.0 Å². The predicted molar refractivity (Wildman–Crippen MR) is 128 cm³/mol. The Morgan fingerprint density at radius 3 is 2.81 bits per heavy atom. The molecule has 1 aliphatic carbocycles. The summed E-state index contributed by atoms with van der Waals surface area (Å²) in [5.41, 5.74) is 3.31. The van der Waals surface area contributed by atoms with Crippen LogP contribution >= 0.6 is 23.1 Å². The standard InChI is InChI=1S/C23H25N5O2S2/c1-3-18-25-22-20(16-6-4-5-7-17(16)32-22)21-26-27-23(28(18)21)31-13-19(29)24-12-14-8-10-15(30-2)11-9-14/h8-11H,3-7,12-13H2,1-2H3,(H,24,29). The van der Waals surface area contributed by atoms with Crippen LogP contribution in [0.4, 0.5) is 0 Å². The van der Waals surface area contributed by atoms with Crippen molar-refractivity contribution < 1.29 is 9.53 Å². The molecule has 0 radical (unpaired) electrons. The van der Waals surface area contributed by atoms with E-state index in [0.717, 1.165) is 57.4 Å². The minimum atomic E-state index is -0.0393. The van der Waals surface area contributed by atoms with Crippen LogP contribution in [0.3, 0.4) is 0 Å². The first-order valence-electron chi connectivity index (χ1n) is 10.9. The molecule has 1 aromatic carbocycles. The van der Waals surface area contributed by atoms with Crippen LogP contribution in [-0.4, -0.2) is 38.4 Å². The summed E-state index contributed by atoms with van der Waals surface area (Å²) in [4.78, 5) is 19.9. The Kier molecular flexibility index (Phi) is 6.01. The second-order valence-electron chi connectivity index (χ2n) is 7.83. The van der Waals surface area contributed by atoms with Gasteiger partial charge >= 0.3 is 0 Å². The maximum atomic E-state index is 12.5. The molecule has 3 aromatic heterocycles. The molecule has 1 amide bonds. The lowest BCUT2D eigenvalue weighted by molar-refractivity contribution is -0.118. The number of rotatable bonds is 7. The SMILES string of the molecule is CCc1nc2sc3c(c2c2nnc(SCC(=O)NCc4ccc(OC)cc4)n12)CCCC3. The van der Waals surface area contributed by atoms with Crippen molar-refractivity contribution in [2.45, 2.75) is 50.7 Å². The van der Waals surface area contributed by atoms with E-state index in [1.54, 1.807) is 7.11 Å². The summed E-state index contributed by atoms with van der Waals surface area (Å²) in [6, 6.07) is 7.68. The zero-order valence-corrected chi connectivity index (χ0v) is 19.8. The van der Waals surface area contributed by atoms with Crippen LogP contribution in [0.15, 0.2) is 29.4 Å². The average molecular weight is 468 g/mol. The molecule has 0 saturated carbocycles. The van der Waals surface area contributed by atoms with Gasteiger partial charge in [0.2, 0.25) is 5.91 Å². The predicted octanol–water partition coefficient (Wildman–Crippen LogP) is 4.20. The number of aromatic nitrogens is 4. The highest BCUT2D eigenvalue weighted by atomic mass is 32.2. The highest BCUT2D eigenvalue weighted by Gasteiger charge is 2.23. The lowest BCUT2D eigenvalue weighted by Gasteiger charge is -2.11. The number of hydrogen-bond acceptors (Lipinski definition) is 7. The minimum Gasteiger partial charge on any atom is -0.497 e. The quantitative estimate of drug-likeness (QED) is 0.410. The van der Waals surface area contributed by atoms with Crippen molar-refractivity contribution in [1.29, 1.82) is 0 Å². The van der Waals surface area contributed by atoms with Gasteiger partial charge in [-0.05, 0) is 48.9 Å². The van der Waals surface area contributed by atoms with Crippen molar-refractivity contribution in [3.8, 4) is 5.75 Å². The van der Waals surface area contributed by atoms with E-state index in [1.807, 2.05) is 40.0 Å². The fourth-order valence-corrected chi connectivity index (χ4v) is 6.20. The number of hydrogen-bond donors (Lipinski definition) is 1. The summed E-state index contributed by atoms with van der Waals surface area (Å²) in [6.07, 6.45) is 5.46. The third kappa shape index (κ3) is 3.95. The van der Waals surface area contributed by atoms with Gasteiger partial charge in [-0.25, -0.2) is 4.98 Å². The molecule has 166 valence electrons. The number of carbonyl (C=O) groups excluding carboxylic acids is 1. The zero-order chi connectivity index (χ0) is 22.1.